The fraction of sp³-hybridized carbons (Fsp3) is 0.500. The van der Waals surface area contributed by atoms with Crippen LogP contribution in [0.4, 0.5) is 5.82 Å². The maximum Gasteiger partial charge on any atom is 0.143 e. The van der Waals surface area contributed by atoms with Gasteiger partial charge in [-0.1, -0.05) is 0 Å². The third-order valence-electron chi connectivity index (χ3n) is 2.70. The van der Waals surface area contributed by atoms with Gasteiger partial charge in [0.15, 0.2) is 0 Å². The lowest BCUT2D eigenvalue weighted by Gasteiger charge is -2.23. The number of anilines is 1. The second kappa shape index (κ2) is 5.47. The van der Waals surface area contributed by atoms with Crippen LogP contribution in [0.15, 0.2) is 18.3 Å². The van der Waals surface area contributed by atoms with E-state index >= 15 is 0 Å². The summed E-state index contributed by atoms with van der Waals surface area (Å²) in [7, 11) is 0. The van der Waals surface area contributed by atoms with Crippen molar-refractivity contribution in [2.75, 3.05) is 18.5 Å². The first-order valence-electron chi connectivity index (χ1n) is 5.61. The third kappa shape index (κ3) is 2.71. The van der Waals surface area contributed by atoms with Gasteiger partial charge in [0.1, 0.15) is 11.9 Å². The molecule has 4 nitrogen and oxygen atoms in total. The highest BCUT2D eigenvalue weighted by Gasteiger charge is 2.14. The molecule has 0 aliphatic carbocycles. The maximum absolute atomic E-state index is 8.89. The predicted octanol–water partition coefficient (Wildman–Crippen LogP) is 1.93. The van der Waals surface area contributed by atoms with E-state index in [1.807, 2.05) is 0 Å². The standard InChI is InChI=1S/C12H15N3O/c13-8-10-4-3-6-14-12(10)15-9-11-5-1-2-7-16-11/h3-4,6,11H,1-2,5,7,9H2,(H,14,15). The van der Waals surface area contributed by atoms with Gasteiger partial charge in [0.2, 0.25) is 0 Å². The molecule has 1 aromatic rings. The summed E-state index contributed by atoms with van der Waals surface area (Å²) in [6.07, 6.45) is 5.40. The van der Waals surface area contributed by atoms with Crippen molar-refractivity contribution >= 4 is 5.82 Å². The lowest BCUT2D eigenvalue weighted by atomic mass is 10.1. The SMILES string of the molecule is N#Cc1cccnc1NCC1CCCCO1. The molecule has 2 rings (SSSR count). The lowest BCUT2D eigenvalue weighted by molar-refractivity contribution is 0.0247. The van der Waals surface area contributed by atoms with E-state index in [0.29, 0.717) is 11.4 Å². The van der Waals surface area contributed by atoms with Gasteiger partial charge in [-0.3, -0.25) is 0 Å². The largest absolute Gasteiger partial charge is 0.376 e. The van der Waals surface area contributed by atoms with E-state index in [9.17, 15) is 0 Å². The molecule has 1 atom stereocenters. The molecule has 1 aromatic heterocycles. The fourth-order valence-corrected chi connectivity index (χ4v) is 1.82. The van der Waals surface area contributed by atoms with E-state index in [2.05, 4.69) is 16.4 Å². The summed E-state index contributed by atoms with van der Waals surface area (Å²) in [5.74, 6) is 0.652. The fourth-order valence-electron chi connectivity index (χ4n) is 1.82. The first-order valence-corrected chi connectivity index (χ1v) is 5.61. The summed E-state index contributed by atoms with van der Waals surface area (Å²) in [6.45, 7) is 1.57. The van der Waals surface area contributed by atoms with Crippen LogP contribution in [0.2, 0.25) is 0 Å². The average molecular weight is 217 g/mol. The molecule has 2 heterocycles. The lowest BCUT2D eigenvalue weighted by Crippen LogP contribution is -2.27. The third-order valence-corrected chi connectivity index (χ3v) is 2.70. The summed E-state index contributed by atoms with van der Waals surface area (Å²) in [5, 5.41) is 12.1. The van der Waals surface area contributed by atoms with Crippen molar-refractivity contribution < 1.29 is 4.74 Å². The van der Waals surface area contributed by atoms with E-state index < -0.39 is 0 Å². The van der Waals surface area contributed by atoms with Gasteiger partial charge in [-0.05, 0) is 31.4 Å². The Labute approximate surface area is 95.3 Å². The number of nitrogens with one attached hydrogen (secondary N) is 1. The van der Waals surface area contributed by atoms with Gasteiger partial charge in [-0.25, -0.2) is 4.98 Å². The number of aromatic nitrogens is 1. The van der Waals surface area contributed by atoms with Crippen LogP contribution >= 0.6 is 0 Å². The monoisotopic (exact) mass is 217 g/mol. The summed E-state index contributed by atoms with van der Waals surface area (Å²) in [6, 6.07) is 5.64. The van der Waals surface area contributed by atoms with E-state index in [4.69, 9.17) is 10.00 Å². The Hall–Kier alpha value is -1.60. The van der Waals surface area contributed by atoms with E-state index in [1.165, 1.54) is 6.42 Å². The van der Waals surface area contributed by atoms with Crippen LogP contribution in [0.1, 0.15) is 24.8 Å². The Morgan fingerprint density at radius 2 is 2.50 bits per heavy atom. The number of hydrogen-bond donors (Lipinski definition) is 1. The van der Waals surface area contributed by atoms with E-state index in [1.54, 1.807) is 18.3 Å². The molecule has 0 spiro atoms. The first kappa shape index (κ1) is 10.9. The highest BCUT2D eigenvalue weighted by atomic mass is 16.5. The van der Waals surface area contributed by atoms with E-state index in [0.717, 1.165) is 26.0 Å². The van der Waals surface area contributed by atoms with Gasteiger partial charge in [0.05, 0.1) is 11.7 Å². The maximum atomic E-state index is 8.89. The molecule has 0 amide bonds. The van der Waals surface area contributed by atoms with Crippen LogP contribution in [0, 0.1) is 11.3 Å². The van der Waals surface area contributed by atoms with Crippen LogP contribution in [0.3, 0.4) is 0 Å². The quantitative estimate of drug-likeness (QED) is 0.840. The van der Waals surface area contributed by atoms with Crippen molar-refractivity contribution in [1.82, 2.24) is 4.98 Å². The van der Waals surface area contributed by atoms with Crippen molar-refractivity contribution in [3.05, 3.63) is 23.9 Å². The van der Waals surface area contributed by atoms with Gasteiger partial charge in [-0.2, -0.15) is 5.26 Å². The Balaban J connectivity index is 1.91. The number of hydrogen-bond acceptors (Lipinski definition) is 4. The zero-order chi connectivity index (χ0) is 11.2. The molecule has 0 saturated carbocycles. The molecule has 1 aliphatic rings. The van der Waals surface area contributed by atoms with Crippen molar-refractivity contribution in [2.24, 2.45) is 0 Å². The number of pyridine rings is 1. The molecule has 84 valence electrons. The normalized spacial score (nSPS) is 20.1. The zero-order valence-corrected chi connectivity index (χ0v) is 9.15. The molecule has 1 saturated heterocycles. The molecule has 1 unspecified atom stereocenters. The zero-order valence-electron chi connectivity index (χ0n) is 9.15. The van der Waals surface area contributed by atoms with Crippen molar-refractivity contribution in [1.29, 1.82) is 5.26 Å². The van der Waals surface area contributed by atoms with Crippen LogP contribution in [0.25, 0.3) is 0 Å². The van der Waals surface area contributed by atoms with Crippen LogP contribution in [-0.4, -0.2) is 24.2 Å². The molecule has 1 N–H and O–H groups in total. The smallest absolute Gasteiger partial charge is 0.143 e. The van der Waals surface area contributed by atoms with Crippen LogP contribution in [-0.2, 0) is 4.74 Å². The van der Waals surface area contributed by atoms with Crippen LogP contribution < -0.4 is 5.32 Å². The minimum absolute atomic E-state index is 0.252. The molecular weight excluding hydrogens is 202 g/mol. The Morgan fingerprint density at radius 1 is 1.56 bits per heavy atom. The van der Waals surface area contributed by atoms with Crippen molar-refractivity contribution in [2.45, 2.75) is 25.4 Å². The van der Waals surface area contributed by atoms with Crippen molar-refractivity contribution in [3.8, 4) is 6.07 Å². The number of ether oxygens (including phenoxy) is 1. The molecule has 1 aliphatic heterocycles. The van der Waals surface area contributed by atoms with Crippen molar-refractivity contribution in [3.63, 3.8) is 0 Å². The summed E-state index contributed by atoms with van der Waals surface area (Å²) < 4.78 is 5.60. The number of nitriles is 1. The first-order chi connectivity index (χ1) is 7.90. The molecule has 0 aromatic carbocycles. The summed E-state index contributed by atoms with van der Waals surface area (Å²) in [4.78, 5) is 4.14. The topological polar surface area (TPSA) is 57.9 Å². The van der Waals surface area contributed by atoms with Gasteiger partial charge in [-0.15, -0.1) is 0 Å². The second-order valence-electron chi connectivity index (χ2n) is 3.88. The Bertz CT molecular complexity index is 380. The Morgan fingerprint density at radius 3 is 3.25 bits per heavy atom. The Kier molecular flexibility index (Phi) is 3.73. The molecule has 1 fully saturated rings. The predicted molar refractivity (Wildman–Crippen MR) is 61.0 cm³/mol. The molecule has 4 heteroatoms. The van der Waals surface area contributed by atoms with Gasteiger partial charge in [0.25, 0.3) is 0 Å². The van der Waals surface area contributed by atoms with Crippen LogP contribution in [0.5, 0.6) is 0 Å². The number of rotatable bonds is 3. The minimum Gasteiger partial charge on any atom is -0.376 e. The second-order valence-corrected chi connectivity index (χ2v) is 3.88. The average Bonchev–Trinajstić information content (AvgIpc) is 2.38. The van der Waals surface area contributed by atoms with Gasteiger partial charge in [0, 0.05) is 19.3 Å². The molecule has 0 radical (unpaired) electrons. The summed E-state index contributed by atoms with van der Waals surface area (Å²) >= 11 is 0. The van der Waals surface area contributed by atoms with Gasteiger partial charge >= 0.3 is 0 Å². The number of nitrogens with zero attached hydrogens (tertiary/aromatic N) is 2. The molecule has 0 bridgehead atoms. The highest BCUT2D eigenvalue weighted by Crippen LogP contribution is 2.15. The molecular formula is C12H15N3O. The highest BCUT2D eigenvalue weighted by molar-refractivity contribution is 5.51. The minimum atomic E-state index is 0.252. The summed E-state index contributed by atoms with van der Waals surface area (Å²) in [5.41, 5.74) is 0.582. The van der Waals surface area contributed by atoms with E-state index in [-0.39, 0.29) is 6.10 Å². The molecule has 16 heavy (non-hydrogen) atoms. The van der Waals surface area contributed by atoms with Gasteiger partial charge < -0.3 is 10.1 Å².